The van der Waals surface area contributed by atoms with E-state index in [1.165, 1.54) is 25.7 Å². The fourth-order valence-corrected chi connectivity index (χ4v) is 4.12. The van der Waals surface area contributed by atoms with Gasteiger partial charge in [-0.1, -0.05) is 34.8 Å². The molecule has 2 aromatic heterocycles. The highest BCUT2D eigenvalue weighted by molar-refractivity contribution is 6.43. The number of rotatable bonds is 4. The van der Waals surface area contributed by atoms with Crippen LogP contribution in [0.15, 0.2) is 6.07 Å². The van der Waals surface area contributed by atoms with E-state index in [9.17, 15) is 0 Å². The van der Waals surface area contributed by atoms with Crippen LogP contribution in [-0.2, 0) is 5.54 Å². The summed E-state index contributed by atoms with van der Waals surface area (Å²) in [6.45, 7) is 4.11. The summed E-state index contributed by atoms with van der Waals surface area (Å²) in [6.07, 6.45) is 4.80. The van der Waals surface area contributed by atoms with E-state index in [1.807, 2.05) is 4.57 Å². The molecule has 0 spiro atoms. The molecule has 2 heterocycles. The molecule has 0 bridgehead atoms. The van der Waals surface area contributed by atoms with Crippen molar-refractivity contribution in [2.45, 2.75) is 57.0 Å². The van der Waals surface area contributed by atoms with Crippen LogP contribution in [0, 0.1) is 0 Å². The van der Waals surface area contributed by atoms with E-state index in [-0.39, 0.29) is 0 Å². The molecule has 7 heteroatoms. The molecule has 0 unspecified atom stereocenters. The van der Waals surface area contributed by atoms with Crippen molar-refractivity contribution < 1.29 is 0 Å². The Morgan fingerprint density at radius 1 is 1.09 bits per heavy atom. The summed E-state index contributed by atoms with van der Waals surface area (Å²) < 4.78 is 4.15. The molecule has 0 saturated heterocycles. The van der Waals surface area contributed by atoms with E-state index in [0.29, 0.717) is 27.3 Å². The maximum Gasteiger partial charge on any atom is 0.159 e. The second-order valence-electron chi connectivity index (χ2n) is 6.76. The number of halogens is 3. The predicted molar refractivity (Wildman–Crippen MR) is 88.2 cm³/mol. The van der Waals surface area contributed by atoms with Crippen LogP contribution in [-0.4, -0.2) is 19.3 Å². The maximum absolute atomic E-state index is 6.37. The zero-order chi connectivity index (χ0) is 15.6. The lowest BCUT2D eigenvalue weighted by Crippen LogP contribution is -2.32. The van der Waals surface area contributed by atoms with E-state index >= 15 is 0 Å². The van der Waals surface area contributed by atoms with E-state index < -0.39 is 5.54 Å². The molecule has 0 radical (unpaired) electrons. The van der Waals surface area contributed by atoms with E-state index in [2.05, 4.69) is 28.6 Å². The minimum absolute atomic E-state index is 0.440. The molecule has 0 amide bonds. The summed E-state index contributed by atoms with van der Waals surface area (Å²) in [7, 11) is 0. The Labute approximate surface area is 144 Å². The van der Waals surface area contributed by atoms with Crippen LogP contribution in [0.1, 0.15) is 63.1 Å². The van der Waals surface area contributed by atoms with Crippen molar-refractivity contribution in [3.8, 4) is 0 Å². The zero-order valence-corrected chi connectivity index (χ0v) is 14.8. The molecule has 2 aliphatic rings. The highest BCUT2D eigenvalue weighted by Crippen LogP contribution is 2.47. The van der Waals surface area contributed by atoms with Crippen molar-refractivity contribution in [3.05, 3.63) is 33.0 Å². The molecule has 2 saturated carbocycles. The third-order valence-electron chi connectivity index (χ3n) is 4.54. The predicted octanol–water partition coefficient (Wildman–Crippen LogP) is 5.04. The smallest absolute Gasteiger partial charge is 0.159 e. The molecule has 22 heavy (non-hydrogen) atoms. The second-order valence-corrected chi connectivity index (χ2v) is 7.91. The van der Waals surface area contributed by atoms with Crippen molar-refractivity contribution in [1.82, 2.24) is 19.3 Å². The molecule has 0 atom stereocenters. The van der Waals surface area contributed by atoms with Crippen LogP contribution < -0.4 is 0 Å². The Morgan fingerprint density at radius 2 is 1.77 bits per heavy atom. The van der Waals surface area contributed by atoms with Gasteiger partial charge in [0.1, 0.15) is 21.7 Å². The van der Waals surface area contributed by atoms with Crippen molar-refractivity contribution in [3.63, 3.8) is 0 Å². The standard InChI is InChI=1S/C15H17Cl3N4/c1-15(2,22-11(17)7-10(16)12(22)18)14-20-19-13(8-3-4-8)21(14)9-5-6-9/h7-9H,3-6H2,1-2H3. The first-order chi connectivity index (χ1) is 10.4. The van der Waals surface area contributed by atoms with Gasteiger partial charge in [0, 0.05) is 12.0 Å². The quantitative estimate of drug-likeness (QED) is 0.767. The summed E-state index contributed by atoms with van der Waals surface area (Å²) in [5, 5.41) is 10.4. The Balaban J connectivity index is 1.86. The summed E-state index contributed by atoms with van der Waals surface area (Å²) >= 11 is 18.8. The maximum atomic E-state index is 6.37. The van der Waals surface area contributed by atoms with Gasteiger partial charge in [0.2, 0.25) is 0 Å². The molecular formula is C15H17Cl3N4. The van der Waals surface area contributed by atoms with Gasteiger partial charge < -0.3 is 9.13 Å². The van der Waals surface area contributed by atoms with Crippen LogP contribution in [0.2, 0.25) is 15.3 Å². The van der Waals surface area contributed by atoms with Crippen LogP contribution in [0.25, 0.3) is 0 Å². The molecule has 2 fully saturated rings. The lowest BCUT2D eigenvalue weighted by atomic mass is 10.0. The zero-order valence-electron chi connectivity index (χ0n) is 12.5. The van der Waals surface area contributed by atoms with E-state index in [4.69, 9.17) is 34.8 Å². The van der Waals surface area contributed by atoms with E-state index in [1.54, 1.807) is 6.07 Å². The fourth-order valence-electron chi connectivity index (χ4n) is 3.07. The second kappa shape index (κ2) is 4.89. The lowest BCUT2D eigenvalue weighted by molar-refractivity contribution is 0.388. The number of hydrogen-bond acceptors (Lipinski definition) is 2. The van der Waals surface area contributed by atoms with Gasteiger partial charge in [0.05, 0.1) is 5.02 Å². The van der Waals surface area contributed by atoms with Gasteiger partial charge in [-0.15, -0.1) is 10.2 Å². The third kappa shape index (κ3) is 2.19. The van der Waals surface area contributed by atoms with Crippen LogP contribution >= 0.6 is 34.8 Å². The van der Waals surface area contributed by atoms with Crippen molar-refractivity contribution in [1.29, 1.82) is 0 Å². The molecule has 4 rings (SSSR count). The average molecular weight is 360 g/mol. The minimum Gasteiger partial charge on any atom is -0.310 e. The molecule has 0 aliphatic heterocycles. The average Bonchev–Trinajstić information content (AvgIpc) is 3.36. The summed E-state index contributed by atoms with van der Waals surface area (Å²) in [6, 6.07) is 2.19. The van der Waals surface area contributed by atoms with Gasteiger partial charge in [0.15, 0.2) is 5.82 Å². The van der Waals surface area contributed by atoms with E-state index in [0.717, 1.165) is 11.6 Å². The topological polar surface area (TPSA) is 35.6 Å². The molecule has 4 nitrogen and oxygen atoms in total. The Bertz CT molecular complexity index is 738. The molecule has 0 aromatic carbocycles. The first kappa shape index (κ1) is 14.9. The number of hydrogen-bond donors (Lipinski definition) is 0. The van der Waals surface area contributed by atoms with Gasteiger partial charge in [-0.05, 0) is 45.6 Å². The monoisotopic (exact) mass is 358 g/mol. The summed E-state index contributed by atoms with van der Waals surface area (Å²) in [5.41, 5.74) is -0.510. The van der Waals surface area contributed by atoms with Crippen LogP contribution in [0.3, 0.4) is 0 Å². The lowest BCUT2D eigenvalue weighted by Gasteiger charge is -2.29. The SMILES string of the molecule is CC(C)(c1nnc(C2CC2)n1C1CC1)n1c(Cl)cc(Cl)c1Cl. The Morgan fingerprint density at radius 3 is 2.27 bits per heavy atom. The Kier molecular flexibility index (Phi) is 3.30. The van der Waals surface area contributed by atoms with Crippen molar-refractivity contribution >= 4 is 34.8 Å². The van der Waals surface area contributed by atoms with Crippen LogP contribution in [0.4, 0.5) is 0 Å². The highest BCUT2D eigenvalue weighted by Gasteiger charge is 2.41. The summed E-state index contributed by atoms with van der Waals surface area (Å²) in [4.78, 5) is 0. The fraction of sp³-hybridized carbons (Fsp3) is 0.600. The van der Waals surface area contributed by atoms with Gasteiger partial charge in [-0.3, -0.25) is 0 Å². The Hall–Kier alpha value is -0.710. The number of nitrogens with zero attached hydrogens (tertiary/aromatic N) is 4. The highest BCUT2D eigenvalue weighted by atomic mass is 35.5. The third-order valence-corrected chi connectivity index (χ3v) is 5.57. The number of aromatic nitrogens is 4. The molecule has 118 valence electrons. The molecule has 2 aromatic rings. The minimum atomic E-state index is -0.510. The van der Waals surface area contributed by atoms with Gasteiger partial charge >= 0.3 is 0 Å². The molecule has 0 N–H and O–H groups in total. The van der Waals surface area contributed by atoms with Crippen molar-refractivity contribution in [2.75, 3.05) is 0 Å². The summed E-state index contributed by atoms with van der Waals surface area (Å²) in [5.74, 6) is 2.60. The van der Waals surface area contributed by atoms with Crippen LogP contribution in [0.5, 0.6) is 0 Å². The largest absolute Gasteiger partial charge is 0.310 e. The molecule has 2 aliphatic carbocycles. The first-order valence-corrected chi connectivity index (χ1v) is 8.72. The van der Waals surface area contributed by atoms with Gasteiger partial charge in [-0.2, -0.15) is 0 Å². The van der Waals surface area contributed by atoms with Gasteiger partial charge in [0.25, 0.3) is 0 Å². The van der Waals surface area contributed by atoms with Gasteiger partial charge in [-0.25, -0.2) is 0 Å². The molecular weight excluding hydrogens is 343 g/mol. The van der Waals surface area contributed by atoms with Crippen molar-refractivity contribution in [2.24, 2.45) is 0 Å². The first-order valence-electron chi connectivity index (χ1n) is 7.59. The normalized spacial score (nSPS) is 19.0.